The minimum atomic E-state index is -0.0137. The van der Waals surface area contributed by atoms with Crippen molar-refractivity contribution >= 4 is 16.9 Å². The zero-order chi connectivity index (χ0) is 18.4. The van der Waals surface area contributed by atoms with Crippen molar-refractivity contribution in [3.63, 3.8) is 0 Å². The van der Waals surface area contributed by atoms with Crippen LogP contribution in [0.15, 0.2) is 33.7 Å². The molecule has 0 saturated carbocycles. The molecular weight excluding hydrogens is 330 g/mol. The number of aliphatic hydroxyl groups excluding tert-OH is 1. The van der Waals surface area contributed by atoms with Gasteiger partial charge in [-0.2, -0.15) is 0 Å². The van der Waals surface area contributed by atoms with Crippen molar-refractivity contribution < 1.29 is 14.3 Å². The summed E-state index contributed by atoms with van der Waals surface area (Å²) in [5.41, 5.74) is 2.03. The van der Waals surface area contributed by atoms with E-state index in [2.05, 4.69) is 28.6 Å². The molecular formula is C20H29N3O3. The van der Waals surface area contributed by atoms with Gasteiger partial charge in [-0.05, 0) is 32.8 Å². The summed E-state index contributed by atoms with van der Waals surface area (Å²) in [7, 11) is 0. The van der Waals surface area contributed by atoms with Gasteiger partial charge in [0.2, 0.25) is 0 Å². The number of furan rings is 1. The smallest absolute Gasteiger partial charge is 0.191 e. The predicted molar refractivity (Wildman–Crippen MR) is 103 cm³/mol. The Hall–Kier alpha value is -2.05. The van der Waals surface area contributed by atoms with Gasteiger partial charge in [0.15, 0.2) is 5.96 Å². The summed E-state index contributed by atoms with van der Waals surface area (Å²) in [4.78, 5) is 4.69. The van der Waals surface area contributed by atoms with Crippen LogP contribution in [0.3, 0.4) is 0 Å². The fourth-order valence-electron chi connectivity index (χ4n) is 3.45. The largest absolute Gasteiger partial charge is 0.459 e. The van der Waals surface area contributed by atoms with Gasteiger partial charge >= 0.3 is 0 Å². The van der Waals surface area contributed by atoms with Crippen molar-refractivity contribution in [2.45, 2.75) is 33.2 Å². The Morgan fingerprint density at radius 2 is 2.15 bits per heavy atom. The third-order valence-electron chi connectivity index (χ3n) is 5.13. The first kappa shape index (κ1) is 18.7. The molecule has 2 aromatic rings. The summed E-state index contributed by atoms with van der Waals surface area (Å²) in [6.45, 7) is 7.74. The van der Waals surface area contributed by atoms with Crippen LogP contribution in [-0.4, -0.2) is 44.0 Å². The van der Waals surface area contributed by atoms with Crippen molar-refractivity contribution in [2.24, 2.45) is 10.4 Å². The van der Waals surface area contributed by atoms with E-state index >= 15 is 0 Å². The number of aliphatic hydroxyl groups is 1. The zero-order valence-corrected chi connectivity index (χ0v) is 15.7. The standard InChI is InChI=1S/C20H29N3O3/c1-3-21-19(23-13-20(8-10-24)9-11-25-14-20)22-12-18-15(2)16-6-4-5-7-17(16)26-18/h4-7,24H,3,8-14H2,1-2H3,(H2,21,22,23). The number of hydrogen-bond acceptors (Lipinski definition) is 4. The Bertz CT molecular complexity index is 748. The van der Waals surface area contributed by atoms with Crippen LogP contribution in [0.5, 0.6) is 0 Å². The Morgan fingerprint density at radius 3 is 2.85 bits per heavy atom. The lowest BCUT2D eigenvalue weighted by atomic mass is 9.84. The van der Waals surface area contributed by atoms with Gasteiger partial charge in [-0.3, -0.25) is 0 Å². The minimum Gasteiger partial charge on any atom is -0.459 e. The number of nitrogens with one attached hydrogen (secondary N) is 2. The molecule has 1 aromatic carbocycles. The normalized spacial score (nSPS) is 20.7. The molecule has 0 bridgehead atoms. The summed E-state index contributed by atoms with van der Waals surface area (Å²) in [6.07, 6.45) is 1.70. The van der Waals surface area contributed by atoms with Crippen LogP contribution in [0.1, 0.15) is 31.1 Å². The quantitative estimate of drug-likeness (QED) is 0.523. The number of guanidine groups is 1. The number of aliphatic imine (C=N–C) groups is 1. The number of para-hydroxylation sites is 1. The molecule has 142 valence electrons. The number of fused-ring (bicyclic) bond motifs is 1. The molecule has 1 saturated heterocycles. The van der Waals surface area contributed by atoms with E-state index in [4.69, 9.17) is 9.15 Å². The van der Waals surface area contributed by atoms with E-state index in [1.165, 1.54) is 0 Å². The lowest BCUT2D eigenvalue weighted by molar-refractivity contribution is 0.127. The summed E-state index contributed by atoms with van der Waals surface area (Å²) < 4.78 is 11.5. The molecule has 1 atom stereocenters. The van der Waals surface area contributed by atoms with Gasteiger partial charge in [0.05, 0.1) is 6.61 Å². The number of rotatable bonds is 7. The third kappa shape index (κ3) is 4.19. The average Bonchev–Trinajstić information content (AvgIpc) is 3.24. The highest BCUT2D eigenvalue weighted by molar-refractivity contribution is 5.82. The van der Waals surface area contributed by atoms with Gasteiger partial charge in [0.1, 0.15) is 17.9 Å². The molecule has 0 amide bonds. The van der Waals surface area contributed by atoms with E-state index < -0.39 is 0 Å². The molecule has 0 aliphatic carbocycles. The molecule has 1 aliphatic heterocycles. The maximum absolute atomic E-state index is 9.37. The lowest BCUT2D eigenvalue weighted by Gasteiger charge is -2.27. The number of aryl methyl sites for hydroxylation is 1. The summed E-state index contributed by atoms with van der Waals surface area (Å²) in [5, 5.41) is 17.2. The minimum absolute atomic E-state index is 0.0137. The number of nitrogens with zero attached hydrogens (tertiary/aromatic N) is 1. The molecule has 6 nitrogen and oxygen atoms in total. The Kier molecular flexibility index (Phi) is 6.16. The van der Waals surface area contributed by atoms with Crippen LogP contribution >= 0.6 is 0 Å². The summed E-state index contributed by atoms with van der Waals surface area (Å²) >= 11 is 0. The van der Waals surface area contributed by atoms with E-state index in [1.807, 2.05) is 25.1 Å². The molecule has 3 rings (SSSR count). The number of ether oxygens (including phenoxy) is 1. The van der Waals surface area contributed by atoms with Crippen LogP contribution < -0.4 is 10.6 Å². The maximum atomic E-state index is 9.37. The van der Waals surface area contributed by atoms with Gasteiger partial charge < -0.3 is 24.9 Å². The first-order valence-corrected chi connectivity index (χ1v) is 9.35. The van der Waals surface area contributed by atoms with Crippen LogP contribution in [-0.2, 0) is 11.3 Å². The van der Waals surface area contributed by atoms with Gasteiger partial charge in [-0.25, -0.2) is 4.99 Å². The Morgan fingerprint density at radius 1 is 1.31 bits per heavy atom. The molecule has 1 fully saturated rings. The average molecular weight is 359 g/mol. The highest BCUT2D eigenvalue weighted by atomic mass is 16.5. The summed E-state index contributed by atoms with van der Waals surface area (Å²) in [6, 6.07) is 8.06. The van der Waals surface area contributed by atoms with E-state index in [9.17, 15) is 5.11 Å². The van der Waals surface area contributed by atoms with Gasteiger partial charge in [0, 0.05) is 42.7 Å². The molecule has 0 spiro atoms. The number of hydrogen-bond donors (Lipinski definition) is 3. The van der Waals surface area contributed by atoms with Crippen molar-refractivity contribution in [3.8, 4) is 0 Å². The van der Waals surface area contributed by atoms with Crippen molar-refractivity contribution in [1.82, 2.24) is 10.6 Å². The van der Waals surface area contributed by atoms with Gasteiger partial charge in [-0.15, -0.1) is 0 Å². The van der Waals surface area contributed by atoms with Crippen LogP contribution in [0.25, 0.3) is 11.0 Å². The first-order chi connectivity index (χ1) is 12.7. The van der Waals surface area contributed by atoms with Crippen molar-refractivity contribution in [2.75, 3.05) is 32.9 Å². The number of benzene rings is 1. The Labute approximate surface area is 154 Å². The van der Waals surface area contributed by atoms with Crippen molar-refractivity contribution in [1.29, 1.82) is 0 Å². The van der Waals surface area contributed by atoms with E-state index in [-0.39, 0.29) is 12.0 Å². The molecule has 1 unspecified atom stereocenters. The second-order valence-corrected chi connectivity index (χ2v) is 6.97. The molecule has 26 heavy (non-hydrogen) atoms. The van der Waals surface area contributed by atoms with Crippen LogP contribution in [0, 0.1) is 12.3 Å². The van der Waals surface area contributed by atoms with E-state index in [0.717, 1.165) is 60.8 Å². The van der Waals surface area contributed by atoms with Crippen LogP contribution in [0.4, 0.5) is 0 Å². The second-order valence-electron chi connectivity index (χ2n) is 6.97. The fraction of sp³-hybridized carbons (Fsp3) is 0.550. The van der Waals surface area contributed by atoms with Gasteiger partial charge in [-0.1, -0.05) is 18.2 Å². The topological polar surface area (TPSA) is 79.0 Å². The van der Waals surface area contributed by atoms with E-state index in [0.29, 0.717) is 13.2 Å². The molecule has 6 heteroatoms. The Balaban J connectivity index is 1.69. The van der Waals surface area contributed by atoms with E-state index in [1.54, 1.807) is 0 Å². The third-order valence-corrected chi connectivity index (χ3v) is 5.13. The molecule has 2 heterocycles. The predicted octanol–water partition coefficient (Wildman–Crippen LogP) is 2.59. The summed E-state index contributed by atoms with van der Waals surface area (Å²) in [5.74, 6) is 1.65. The zero-order valence-electron chi connectivity index (χ0n) is 15.7. The fourth-order valence-corrected chi connectivity index (χ4v) is 3.45. The SMILES string of the molecule is CCNC(=NCc1oc2ccccc2c1C)NCC1(CCO)CCOC1. The molecule has 1 aromatic heterocycles. The molecule has 3 N–H and O–H groups in total. The molecule has 1 aliphatic rings. The highest BCUT2D eigenvalue weighted by Crippen LogP contribution is 2.31. The molecule has 0 radical (unpaired) electrons. The second kappa shape index (κ2) is 8.56. The lowest BCUT2D eigenvalue weighted by Crippen LogP contribution is -2.44. The van der Waals surface area contributed by atoms with Crippen LogP contribution in [0.2, 0.25) is 0 Å². The maximum Gasteiger partial charge on any atom is 0.191 e. The van der Waals surface area contributed by atoms with Crippen molar-refractivity contribution in [3.05, 3.63) is 35.6 Å². The highest BCUT2D eigenvalue weighted by Gasteiger charge is 2.34. The van der Waals surface area contributed by atoms with Gasteiger partial charge in [0.25, 0.3) is 0 Å². The first-order valence-electron chi connectivity index (χ1n) is 9.35. The monoisotopic (exact) mass is 359 g/mol.